The van der Waals surface area contributed by atoms with E-state index in [9.17, 15) is 4.79 Å². The van der Waals surface area contributed by atoms with E-state index < -0.39 is 5.97 Å². The van der Waals surface area contributed by atoms with Gasteiger partial charge in [-0.05, 0) is 18.9 Å². The zero-order valence-corrected chi connectivity index (χ0v) is 19.0. The van der Waals surface area contributed by atoms with Gasteiger partial charge in [0.2, 0.25) is 11.8 Å². The molecule has 3 aromatic heterocycles. The van der Waals surface area contributed by atoms with Crippen LogP contribution in [0.4, 0.5) is 0 Å². The van der Waals surface area contributed by atoms with Crippen LogP contribution in [0.5, 0.6) is 11.8 Å². The van der Waals surface area contributed by atoms with Crippen molar-refractivity contribution in [1.29, 1.82) is 0 Å². The van der Waals surface area contributed by atoms with Gasteiger partial charge in [-0.3, -0.25) is 9.48 Å². The molecule has 1 aromatic carbocycles. The molecule has 0 saturated carbocycles. The average molecular weight is 465 g/mol. The van der Waals surface area contributed by atoms with Gasteiger partial charge in [-0.25, -0.2) is 9.97 Å². The number of carboxylic acids is 1. The summed E-state index contributed by atoms with van der Waals surface area (Å²) in [4.78, 5) is 19.9. The molecule has 3 heterocycles. The smallest absolute Gasteiger partial charge is 0.303 e. The van der Waals surface area contributed by atoms with Gasteiger partial charge in [0.15, 0.2) is 0 Å². The van der Waals surface area contributed by atoms with Crippen LogP contribution >= 0.6 is 11.3 Å². The lowest BCUT2D eigenvalue weighted by molar-refractivity contribution is -0.136. The van der Waals surface area contributed by atoms with Gasteiger partial charge < -0.3 is 14.6 Å². The van der Waals surface area contributed by atoms with Crippen molar-refractivity contribution in [3.63, 3.8) is 0 Å². The number of hydrogen-bond acceptors (Lipinski definition) is 7. The third-order valence-electron chi connectivity index (χ3n) is 4.77. The number of aromatic nitrogens is 4. The molecule has 0 aliphatic heterocycles. The second-order valence-electron chi connectivity index (χ2n) is 7.29. The van der Waals surface area contributed by atoms with E-state index in [1.54, 1.807) is 22.2 Å². The van der Waals surface area contributed by atoms with Crippen molar-refractivity contribution in [3.8, 4) is 22.3 Å². The van der Waals surface area contributed by atoms with Gasteiger partial charge in [-0.1, -0.05) is 36.4 Å². The molecule has 0 unspecified atom stereocenters. The first-order valence-electron chi connectivity index (χ1n) is 10.6. The van der Waals surface area contributed by atoms with Crippen molar-refractivity contribution >= 4 is 17.3 Å². The number of ether oxygens (including phenoxy) is 2. The zero-order chi connectivity index (χ0) is 23.0. The van der Waals surface area contributed by atoms with Gasteiger partial charge in [-0.2, -0.15) is 0 Å². The minimum Gasteiger partial charge on any atom is -0.481 e. The van der Waals surface area contributed by atoms with E-state index in [1.807, 2.05) is 61.0 Å². The van der Waals surface area contributed by atoms with Crippen LogP contribution in [0.15, 0.2) is 60.2 Å². The third-order valence-corrected chi connectivity index (χ3v) is 5.71. The van der Waals surface area contributed by atoms with Gasteiger partial charge in [-0.15, -0.1) is 16.4 Å². The van der Waals surface area contributed by atoms with Crippen LogP contribution < -0.4 is 9.47 Å². The number of carbonyl (C=O) groups is 1. The largest absolute Gasteiger partial charge is 0.481 e. The van der Waals surface area contributed by atoms with Crippen molar-refractivity contribution in [2.45, 2.75) is 32.9 Å². The highest BCUT2D eigenvalue weighted by molar-refractivity contribution is 7.13. The monoisotopic (exact) mass is 464 g/mol. The second kappa shape index (κ2) is 10.7. The molecule has 0 aliphatic rings. The number of carboxylic acid groups (broad SMARTS) is 1. The minimum atomic E-state index is -0.848. The summed E-state index contributed by atoms with van der Waals surface area (Å²) in [6.07, 6.45) is 3.97. The van der Waals surface area contributed by atoms with E-state index in [2.05, 4.69) is 15.1 Å². The SMILES string of the molecule is CCOc1nn(Cc2ccc(OCc3csc(-c4ccccc4)n3)nc2)cc1CCC(=O)O. The predicted molar refractivity (Wildman–Crippen MR) is 125 cm³/mol. The highest BCUT2D eigenvalue weighted by atomic mass is 32.1. The van der Waals surface area contributed by atoms with Gasteiger partial charge in [0.05, 0.1) is 18.8 Å². The first-order chi connectivity index (χ1) is 16.1. The first kappa shape index (κ1) is 22.5. The van der Waals surface area contributed by atoms with Crippen LogP contribution in [0.25, 0.3) is 10.6 Å². The van der Waals surface area contributed by atoms with Crippen molar-refractivity contribution in [2.75, 3.05) is 6.61 Å². The number of aliphatic carboxylic acids is 1. The molecule has 0 atom stereocenters. The maximum Gasteiger partial charge on any atom is 0.303 e. The Kier molecular flexibility index (Phi) is 7.31. The summed E-state index contributed by atoms with van der Waals surface area (Å²) in [6, 6.07) is 13.8. The lowest BCUT2D eigenvalue weighted by Gasteiger charge is -2.05. The molecule has 8 nitrogen and oxygen atoms in total. The Hall–Kier alpha value is -3.72. The molecule has 4 aromatic rings. The van der Waals surface area contributed by atoms with E-state index in [0.717, 1.165) is 27.4 Å². The van der Waals surface area contributed by atoms with Crippen LogP contribution in [0.3, 0.4) is 0 Å². The van der Waals surface area contributed by atoms with Gasteiger partial charge in [0.1, 0.15) is 11.6 Å². The Morgan fingerprint density at radius 2 is 2.00 bits per heavy atom. The van der Waals surface area contributed by atoms with Crippen LogP contribution in [0, 0.1) is 0 Å². The molecule has 33 heavy (non-hydrogen) atoms. The van der Waals surface area contributed by atoms with E-state index in [-0.39, 0.29) is 6.42 Å². The Bertz CT molecular complexity index is 1190. The lowest BCUT2D eigenvalue weighted by atomic mass is 10.2. The van der Waals surface area contributed by atoms with Crippen molar-refractivity contribution in [1.82, 2.24) is 19.7 Å². The number of pyridine rings is 1. The molecule has 1 N–H and O–H groups in total. The summed E-state index contributed by atoms with van der Waals surface area (Å²) in [7, 11) is 0. The fourth-order valence-electron chi connectivity index (χ4n) is 3.21. The molecule has 0 aliphatic carbocycles. The van der Waals surface area contributed by atoms with E-state index in [4.69, 9.17) is 14.6 Å². The normalized spacial score (nSPS) is 10.8. The molecule has 170 valence electrons. The number of hydrogen-bond donors (Lipinski definition) is 1. The molecule has 0 bridgehead atoms. The topological polar surface area (TPSA) is 99.4 Å². The number of benzene rings is 1. The molecule has 0 saturated heterocycles. The summed E-state index contributed by atoms with van der Waals surface area (Å²) >= 11 is 1.59. The predicted octanol–water partition coefficient (Wildman–Crippen LogP) is 4.44. The van der Waals surface area contributed by atoms with Crippen LogP contribution in [-0.2, 0) is 24.4 Å². The molecule has 4 rings (SSSR count). The molecular formula is C24H24N4O4S. The Labute approximate surface area is 195 Å². The van der Waals surface area contributed by atoms with Crippen LogP contribution in [0.1, 0.15) is 30.2 Å². The fraction of sp³-hybridized carbons (Fsp3) is 0.250. The summed E-state index contributed by atoms with van der Waals surface area (Å²) in [5.74, 6) is 0.148. The van der Waals surface area contributed by atoms with E-state index >= 15 is 0 Å². The van der Waals surface area contributed by atoms with Gasteiger partial charge in [0, 0.05) is 41.4 Å². The third kappa shape index (κ3) is 6.17. The summed E-state index contributed by atoms with van der Waals surface area (Å²) in [5.41, 5.74) is 3.68. The minimum absolute atomic E-state index is 0.0329. The first-order valence-corrected chi connectivity index (χ1v) is 11.5. The maximum atomic E-state index is 10.9. The molecule has 0 amide bonds. The second-order valence-corrected chi connectivity index (χ2v) is 8.15. The zero-order valence-electron chi connectivity index (χ0n) is 18.2. The number of thiazole rings is 1. The fourth-order valence-corrected chi connectivity index (χ4v) is 4.02. The summed E-state index contributed by atoms with van der Waals surface area (Å²) in [6.45, 7) is 3.18. The maximum absolute atomic E-state index is 10.9. The highest BCUT2D eigenvalue weighted by Gasteiger charge is 2.12. The Balaban J connectivity index is 1.34. The summed E-state index contributed by atoms with van der Waals surface area (Å²) < 4.78 is 13.1. The van der Waals surface area contributed by atoms with Crippen LogP contribution in [0.2, 0.25) is 0 Å². The van der Waals surface area contributed by atoms with E-state index in [0.29, 0.717) is 37.9 Å². The highest BCUT2D eigenvalue weighted by Crippen LogP contribution is 2.24. The molecule has 0 spiro atoms. The van der Waals surface area contributed by atoms with E-state index in [1.165, 1.54) is 0 Å². The number of nitrogens with zero attached hydrogens (tertiary/aromatic N) is 4. The molecule has 9 heteroatoms. The molecule has 0 fully saturated rings. The van der Waals surface area contributed by atoms with Crippen molar-refractivity contribution in [3.05, 3.63) is 77.1 Å². The molecular weight excluding hydrogens is 440 g/mol. The number of rotatable bonds is 11. The quantitative estimate of drug-likeness (QED) is 0.350. The lowest BCUT2D eigenvalue weighted by Crippen LogP contribution is -2.03. The van der Waals surface area contributed by atoms with Crippen molar-refractivity contribution < 1.29 is 19.4 Å². The Morgan fingerprint density at radius 3 is 2.73 bits per heavy atom. The summed E-state index contributed by atoms with van der Waals surface area (Å²) in [5, 5.41) is 16.3. The van der Waals surface area contributed by atoms with Crippen LogP contribution in [-0.4, -0.2) is 37.4 Å². The standard InChI is InChI=1S/C24H24N4O4S/c1-2-31-23-19(9-11-22(29)30)14-28(27-23)13-17-8-10-21(25-12-17)32-15-20-16-33-24(26-20)18-6-4-3-5-7-18/h3-8,10,12,14,16H,2,9,11,13,15H2,1H3,(H,29,30). The Morgan fingerprint density at radius 1 is 1.15 bits per heavy atom. The average Bonchev–Trinajstić information content (AvgIpc) is 3.45. The number of aryl methyl sites for hydroxylation is 1. The van der Waals surface area contributed by atoms with Gasteiger partial charge >= 0.3 is 5.97 Å². The molecule has 0 radical (unpaired) electrons. The van der Waals surface area contributed by atoms with Gasteiger partial charge in [0.25, 0.3) is 0 Å². The van der Waals surface area contributed by atoms with Crippen molar-refractivity contribution in [2.24, 2.45) is 0 Å².